The van der Waals surface area contributed by atoms with Crippen LogP contribution in [0.15, 0.2) is 12.1 Å². The van der Waals surface area contributed by atoms with Gasteiger partial charge in [0.25, 0.3) is 0 Å². The number of halogens is 3. The van der Waals surface area contributed by atoms with Crippen molar-refractivity contribution in [2.45, 2.75) is 32.2 Å². The van der Waals surface area contributed by atoms with Crippen molar-refractivity contribution in [3.05, 3.63) is 28.5 Å². The molecule has 1 aliphatic rings. The maximum Gasteiger partial charge on any atom is 0.128 e. The van der Waals surface area contributed by atoms with Gasteiger partial charge in [0.15, 0.2) is 0 Å². The summed E-state index contributed by atoms with van der Waals surface area (Å²) in [7, 11) is 0. The lowest BCUT2D eigenvalue weighted by Crippen LogP contribution is -2.19. The summed E-state index contributed by atoms with van der Waals surface area (Å²) in [6.07, 6.45) is 3.00. The Morgan fingerprint density at radius 1 is 1.50 bits per heavy atom. The molecule has 18 heavy (non-hydrogen) atoms. The molecule has 1 fully saturated rings. The van der Waals surface area contributed by atoms with Gasteiger partial charge >= 0.3 is 0 Å². The molecule has 2 N–H and O–H groups in total. The van der Waals surface area contributed by atoms with Crippen LogP contribution < -0.4 is 10.5 Å². The summed E-state index contributed by atoms with van der Waals surface area (Å²) in [6, 6.07) is 2.68. The van der Waals surface area contributed by atoms with Crippen molar-refractivity contribution in [2.75, 3.05) is 6.61 Å². The van der Waals surface area contributed by atoms with Crippen molar-refractivity contribution in [3.8, 4) is 5.75 Å². The normalized spacial score (nSPS) is 16.0. The predicted octanol–water partition coefficient (Wildman–Crippen LogP) is 3.58. The highest BCUT2D eigenvalue weighted by molar-refractivity contribution is 6.31. The SMILES string of the molecule is CC(N)Cc1c(Cl)cc(F)cc1OCC1CC1.Cl. The molecule has 2 nitrogen and oxygen atoms in total. The fraction of sp³-hybridized carbons (Fsp3) is 0.538. The number of ether oxygens (including phenoxy) is 1. The molecule has 0 bridgehead atoms. The molecular weight excluding hydrogens is 276 g/mol. The van der Waals surface area contributed by atoms with Crippen LogP contribution in [0, 0.1) is 11.7 Å². The molecule has 2 rings (SSSR count). The number of benzene rings is 1. The monoisotopic (exact) mass is 293 g/mol. The van der Waals surface area contributed by atoms with Crippen molar-refractivity contribution < 1.29 is 9.13 Å². The molecule has 0 heterocycles. The molecule has 1 unspecified atom stereocenters. The lowest BCUT2D eigenvalue weighted by molar-refractivity contribution is 0.295. The molecule has 102 valence electrons. The Morgan fingerprint density at radius 3 is 2.72 bits per heavy atom. The first kappa shape index (κ1) is 15.5. The second kappa shape index (κ2) is 6.60. The van der Waals surface area contributed by atoms with Gasteiger partial charge in [-0.15, -0.1) is 12.4 Å². The van der Waals surface area contributed by atoms with Crippen molar-refractivity contribution >= 4 is 24.0 Å². The van der Waals surface area contributed by atoms with Crippen molar-refractivity contribution in [1.82, 2.24) is 0 Å². The van der Waals surface area contributed by atoms with Crippen LogP contribution in [0.3, 0.4) is 0 Å². The lowest BCUT2D eigenvalue weighted by Gasteiger charge is -2.14. The van der Waals surface area contributed by atoms with E-state index in [0.29, 0.717) is 29.7 Å². The number of hydrogen-bond acceptors (Lipinski definition) is 2. The molecule has 1 aromatic rings. The summed E-state index contributed by atoms with van der Waals surface area (Å²) in [5.41, 5.74) is 6.57. The first-order valence-electron chi connectivity index (χ1n) is 5.92. The molecule has 5 heteroatoms. The van der Waals surface area contributed by atoms with Crippen molar-refractivity contribution in [3.63, 3.8) is 0 Å². The molecule has 1 aliphatic carbocycles. The van der Waals surface area contributed by atoms with Crippen molar-refractivity contribution in [1.29, 1.82) is 0 Å². The number of rotatable bonds is 5. The second-order valence-corrected chi connectivity index (χ2v) is 5.21. The van der Waals surface area contributed by atoms with Crippen LogP contribution in [0.1, 0.15) is 25.3 Å². The van der Waals surface area contributed by atoms with Gasteiger partial charge in [-0.3, -0.25) is 0 Å². The first-order chi connectivity index (χ1) is 8.06. The molecule has 0 saturated heterocycles. The zero-order valence-corrected chi connectivity index (χ0v) is 11.9. The lowest BCUT2D eigenvalue weighted by atomic mass is 10.1. The van der Waals surface area contributed by atoms with E-state index in [4.69, 9.17) is 22.1 Å². The Balaban J connectivity index is 0.00000162. The van der Waals surface area contributed by atoms with Crippen LogP contribution in [-0.4, -0.2) is 12.6 Å². The van der Waals surface area contributed by atoms with Crippen LogP contribution in [0.2, 0.25) is 5.02 Å². The second-order valence-electron chi connectivity index (χ2n) is 4.80. The Bertz CT molecular complexity index is 408. The zero-order valence-electron chi connectivity index (χ0n) is 10.3. The fourth-order valence-corrected chi connectivity index (χ4v) is 2.00. The summed E-state index contributed by atoms with van der Waals surface area (Å²) < 4.78 is 18.9. The van der Waals surface area contributed by atoms with Gasteiger partial charge < -0.3 is 10.5 Å². The Labute approximate surface area is 118 Å². The van der Waals surface area contributed by atoms with Crippen LogP contribution in [0.25, 0.3) is 0 Å². The molecule has 1 saturated carbocycles. The molecule has 1 atom stereocenters. The third-order valence-corrected chi connectivity index (χ3v) is 3.15. The van der Waals surface area contributed by atoms with Gasteiger partial charge in [0.1, 0.15) is 11.6 Å². The average Bonchev–Trinajstić information content (AvgIpc) is 3.02. The maximum atomic E-state index is 13.3. The molecule has 0 aliphatic heterocycles. The highest BCUT2D eigenvalue weighted by Gasteiger charge is 2.23. The summed E-state index contributed by atoms with van der Waals surface area (Å²) in [5, 5.41) is 0.396. The van der Waals surface area contributed by atoms with Gasteiger partial charge in [0.05, 0.1) is 11.6 Å². The third kappa shape index (κ3) is 4.30. The Kier molecular flexibility index (Phi) is 5.70. The Morgan fingerprint density at radius 2 is 2.17 bits per heavy atom. The van der Waals surface area contributed by atoms with Gasteiger partial charge in [0.2, 0.25) is 0 Å². The average molecular weight is 294 g/mol. The van der Waals surface area contributed by atoms with E-state index in [9.17, 15) is 4.39 Å². The van der Waals surface area contributed by atoms with E-state index < -0.39 is 0 Å². The molecule has 0 spiro atoms. The summed E-state index contributed by atoms with van der Waals surface area (Å²) in [6.45, 7) is 2.54. The zero-order chi connectivity index (χ0) is 12.4. The van der Waals surface area contributed by atoms with Gasteiger partial charge in [-0.1, -0.05) is 11.6 Å². The van der Waals surface area contributed by atoms with Gasteiger partial charge in [-0.2, -0.15) is 0 Å². The van der Waals surface area contributed by atoms with Crippen LogP contribution >= 0.6 is 24.0 Å². The van der Waals surface area contributed by atoms with E-state index >= 15 is 0 Å². The van der Waals surface area contributed by atoms with Gasteiger partial charge in [-0.25, -0.2) is 4.39 Å². The predicted molar refractivity (Wildman–Crippen MR) is 74.2 cm³/mol. The van der Waals surface area contributed by atoms with E-state index in [1.807, 2.05) is 6.92 Å². The summed E-state index contributed by atoms with van der Waals surface area (Å²) >= 11 is 6.03. The maximum absolute atomic E-state index is 13.3. The minimum atomic E-state index is -0.366. The summed E-state index contributed by atoms with van der Waals surface area (Å²) in [4.78, 5) is 0. The largest absolute Gasteiger partial charge is 0.493 e. The van der Waals surface area contributed by atoms with Crippen LogP contribution in [-0.2, 0) is 6.42 Å². The highest BCUT2D eigenvalue weighted by atomic mass is 35.5. The van der Waals surface area contributed by atoms with Crippen LogP contribution in [0.5, 0.6) is 5.75 Å². The molecule has 1 aromatic carbocycles. The molecule has 0 amide bonds. The standard InChI is InChI=1S/C13H17ClFNO.ClH/c1-8(16)4-11-12(14)5-10(15)6-13(11)17-7-9-2-3-9;/h5-6,8-9H,2-4,7,16H2,1H3;1H. The molecular formula is C13H18Cl2FNO. The third-order valence-electron chi connectivity index (χ3n) is 2.82. The van der Waals surface area contributed by atoms with Gasteiger partial charge in [-0.05, 0) is 38.2 Å². The quantitative estimate of drug-likeness (QED) is 0.901. The number of nitrogens with two attached hydrogens (primary N) is 1. The van der Waals surface area contributed by atoms with E-state index in [-0.39, 0.29) is 24.3 Å². The molecule has 0 aromatic heterocycles. The molecule has 0 radical (unpaired) electrons. The summed E-state index contributed by atoms with van der Waals surface area (Å²) in [5.74, 6) is 0.800. The minimum absolute atomic E-state index is 0. The fourth-order valence-electron chi connectivity index (χ4n) is 1.72. The van der Waals surface area contributed by atoms with E-state index in [1.54, 1.807) is 0 Å². The minimum Gasteiger partial charge on any atom is -0.493 e. The number of hydrogen-bond donors (Lipinski definition) is 1. The van der Waals surface area contributed by atoms with Crippen molar-refractivity contribution in [2.24, 2.45) is 11.7 Å². The topological polar surface area (TPSA) is 35.2 Å². The first-order valence-corrected chi connectivity index (χ1v) is 6.30. The smallest absolute Gasteiger partial charge is 0.128 e. The Hall–Kier alpha value is -0.510. The highest BCUT2D eigenvalue weighted by Crippen LogP contribution is 2.33. The van der Waals surface area contributed by atoms with Crippen LogP contribution in [0.4, 0.5) is 4.39 Å². The van der Waals surface area contributed by atoms with E-state index in [2.05, 4.69) is 0 Å². The van der Waals surface area contributed by atoms with Gasteiger partial charge in [0, 0.05) is 17.7 Å². The van der Waals surface area contributed by atoms with E-state index in [0.717, 1.165) is 5.56 Å². The van der Waals surface area contributed by atoms with E-state index in [1.165, 1.54) is 25.0 Å².